The normalized spacial score (nSPS) is 14.3. The minimum absolute atomic E-state index is 0.00786. The highest BCUT2D eigenvalue weighted by Gasteiger charge is 2.18. The number of hydrogen-bond donors (Lipinski definition) is 1. The molecule has 2 aromatic carbocycles. The first-order chi connectivity index (χ1) is 13.6. The van der Waals surface area contributed by atoms with Crippen molar-refractivity contribution in [2.45, 2.75) is 0 Å². The molecule has 0 aromatic heterocycles. The molecule has 1 N–H and O–H groups in total. The minimum atomic E-state index is -0.540. The fourth-order valence-electron chi connectivity index (χ4n) is 2.93. The molecule has 1 saturated heterocycles. The molecular weight excluding hydrogens is 358 g/mol. The second kappa shape index (κ2) is 8.68. The van der Waals surface area contributed by atoms with Crippen molar-refractivity contribution in [3.8, 4) is 6.07 Å². The standard InChI is InChI=1S/C20H19N5O3/c21-14-16(20(26)22-17-6-8-19(9-7-17)25(27)28)15-23-10-12-24(13-11-23)18-4-2-1-3-5-18/h1-9,15H,10-13H2,(H,22,26)/b16-15-. The molecule has 142 valence electrons. The van der Waals surface area contributed by atoms with Gasteiger partial charge >= 0.3 is 0 Å². The van der Waals surface area contributed by atoms with Crippen LogP contribution in [0.25, 0.3) is 0 Å². The molecular formula is C20H19N5O3. The Morgan fingerprint density at radius 3 is 2.29 bits per heavy atom. The molecule has 8 nitrogen and oxygen atoms in total. The van der Waals surface area contributed by atoms with E-state index in [4.69, 9.17) is 0 Å². The maximum atomic E-state index is 12.3. The number of benzene rings is 2. The summed E-state index contributed by atoms with van der Waals surface area (Å²) in [7, 11) is 0. The van der Waals surface area contributed by atoms with E-state index in [2.05, 4.69) is 22.3 Å². The number of amides is 1. The van der Waals surface area contributed by atoms with Gasteiger partial charge in [0.2, 0.25) is 0 Å². The third kappa shape index (κ3) is 4.65. The molecule has 28 heavy (non-hydrogen) atoms. The highest BCUT2D eigenvalue weighted by Crippen LogP contribution is 2.18. The zero-order valence-corrected chi connectivity index (χ0v) is 15.1. The number of nitro groups is 1. The van der Waals surface area contributed by atoms with Gasteiger partial charge in [0.15, 0.2) is 0 Å². The van der Waals surface area contributed by atoms with Gasteiger partial charge in [0.05, 0.1) is 4.92 Å². The Kier molecular flexibility index (Phi) is 5.87. The number of nitriles is 1. The summed E-state index contributed by atoms with van der Waals surface area (Å²) in [6.45, 7) is 2.99. The minimum Gasteiger partial charge on any atom is -0.373 e. The van der Waals surface area contributed by atoms with Crippen molar-refractivity contribution < 1.29 is 9.72 Å². The zero-order chi connectivity index (χ0) is 19.9. The van der Waals surface area contributed by atoms with E-state index in [0.29, 0.717) is 18.8 Å². The molecule has 0 spiro atoms. The van der Waals surface area contributed by atoms with Crippen LogP contribution in [0.1, 0.15) is 0 Å². The van der Waals surface area contributed by atoms with Gasteiger partial charge in [-0.05, 0) is 24.3 Å². The second-order valence-electron chi connectivity index (χ2n) is 6.27. The van der Waals surface area contributed by atoms with Gasteiger partial charge < -0.3 is 15.1 Å². The quantitative estimate of drug-likeness (QED) is 0.372. The van der Waals surface area contributed by atoms with Crippen LogP contribution in [0.5, 0.6) is 0 Å². The van der Waals surface area contributed by atoms with Gasteiger partial charge in [-0.2, -0.15) is 5.26 Å². The summed E-state index contributed by atoms with van der Waals surface area (Å²) >= 11 is 0. The number of nitrogens with zero attached hydrogens (tertiary/aromatic N) is 4. The van der Waals surface area contributed by atoms with E-state index >= 15 is 0 Å². The average molecular weight is 377 g/mol. The summed E-state index contributed by atoms with van der Waals surface area (Å²) in [5.74, 6) is -0.540. The number of non-ortho nitro benzene ring substituents is 1. The molecule has 3 rings (SSSR count). The maximum Gasteiger partial charge on any atom is 0.269 e. The lowest BCUT2D eigenvalue weighted by molar-refractivity contribution is -0.384. The lowest BCUT2D eigenvalue weighted by atomic mass is 10.2. The molecule has 0 aliphatic carbocycles. The zero-order valence-electron chi connectivity index (χ0n) is 15.1. The first-order valence-electron chi connectivity index (χ1n) is 8.78. The largest absolute Gasteiger partial charge is 0.373 e. The van der Waals surface area contributed by atoms with E-state index < -0.39 is 10.8 Å². The van der Waals surface area contributed by atoms with Gasteiger partial charge in [0.25, 0.3) is 11.6 Å². The SMILES string of the molecule is N#C/C(=C/N1CCN(c2ccccc2)CC1)C(=O)Nc1ccc([N+](=O)[O-])cc1. The van der Waals surface area contributed by atoms with Gasteiger partial charge in [0, 0.05) is 55.9 Å². The first kappa shape index (κ1) is 18.9. The van der Waals surface area contributed by atoms with Crippen LogP contribution in [0.2, 0.25) is 0 Å². The number of para-hydroxylation sites is 1. The Hall–Kier alpha value is -3.86. The Morgan fingerprint density at radius 1 is 1.07 bits per heavy atom. The second-order valence-corrected chi connectivity index (χ2v) is 6.27. The first-order valence-corrected chi connectivity index (χ1v) is 8.78. The molecule has 0 bridgehead atoms. The molecule has 2 aromatic rings. The Balaban J connectivity index is 1.60. The van der Waals surface area contributed by atoms with Gasteiger partial charge in [-0.1, -0.05) is 18.2 Å². The topological polar surface area (TPSA) is 103 Å². The lowest BCUT2D eigenvalue weighted by Gasteiger charge is -2.35. The lowest BCUT2D eigenvalue weighted by Crippen LogP contribution is -2.44. The molecule has 1 aliphatic rings. The predicted molar refractivity (Wildman–Crippen MR) is 106 cm³/mol. The van der Waals surface area contributed by atoms with Crippen molar-refractivity contribution in [3.05, 3.63) is 76.5 Å². The third-order valence-electron chi connectivity index (χ3n) is 4.45. The van der Waals surface area contributed by atoms with Gasteiger partial charge in [0.1, 0.15) is 11.6 Å². The Morgan fingerprint density at radius 2 is 1.71 bits per heavy atom. The number of carbonyl (C=O) groups excluding carboxylic acids is 1. The highest BCUT2D eigenvalue weighted by atomic mass is 16.6. The van der Waals surface area contributed by atoms with E-state index in [0.717, 1.165) is 18.8 Å². The number of nitro benzene ring substituents is 1. The van der Waals surface area contributed by atoms with Gasteiger partial charge in [-0.3, -0.25) is 14.9 Å². The molecule has 1 fully saturated rings. The molecule has 0 saturated carbocycles. The van der Waals surface area contributed by atoms with Crippen molar-refractivity contribution >= 4 is 23.0 Å². The summed E-state index contributed by atoms with van der Waals surface area (Å²) in [6.07, 6.45) is 1.57. The average Bonchev–Trinajstić information content (AvgIpc) is 2.73. The Labute approximate surface area is 162 Å². The molecule has 1 aliphatic heterocycles. The highest BCUT2D eigenvalue weighted by molar-refractivity contribution is 6.06. The van der Waals surface area contributed by atoms with Crippen LogP contribution in [0.3, 0.4) is 0 Å². The van der Waals surface area contributed by atoms with Crippen molar-refractivity contribution in [3.63, 3.8) is 0 Å². The molecule has 0 unspecified atom stereocenters. The predicted octanol–water partition coefficient (Wildman–Crippen LogP) is 2.76. The van der Waals surface area contributed by atoms with E-state index in [1.807, 2.05) is 29.2 Å². The third-order valence-corrected chi connectivity index (χ3v) is 4.45. The van der Waals surface area contributed by atoms with E-state index in [1.54, 1.807) is 6.20 Å². The number of anilines is 2. The van der Waals surface area contributed by atoms with E-state index in [-0.39, 0.29) is 11.3 Å². The van der Waals surface area contributed by atoms with Crippen LogP contribution in [0.15, 0.2) is 66.4 Å². The molecule has 0 atom stereocenters. The smallest absolute Gasteiger partial charge is 0.269 e. The van der Waals surface area contributed by atoms with Crippen molar-refractivity contribution in [2.24, 2.45) is 0 Å². The fourth-order valence-corrected chi connectivity index (χ4v) is 2.93. The van der Waals surface area contributed by atoms with Crippen LogP contribution in [0.4, 0.5) is 17.1 Å². The molecule has 0 radical (unpaired) electrons. The summed E-state index contributed by atoms with van der Waals surface area (Å²) in [4.78, 5) is 26.7. The van der Waals surface area contributed by atoms with E-state index in [9.17, 15) is 20.2 Å². The number of piperazine rings is 1. The monoisotopic (exact) mass is 377 g/mol. The van der Waals surface area contributed by atoms with Gasteiger partial charge in [-0.15, -0.1) is 0 Å². The molecule has 8 heteroatoms. The summed E-state index contributed by atoms with van der Waals surface area (Å²) in [5.41, 5.74) is 1.48. The van der Waals surface area contributed by atoms with Crippen molar-refractivity contribution in [2.75, 3.05) is 36.4 Å². The molecule has 1 amide bonds. The van der Waals surface area contributed by atoms with Crippen molar-refractivity contribution in [1.82, 2.24) is 4.90 Å². The van der Waals surface area contributed by atoms with Crippen LogP contribution in [-0.4, -0.2) is 41.9 Å². The number of rotatable bonds is 5. The van der Waals surface area contributed by atoms with Crippen LogP contribution >= 0.6 is 0 Å². The van der Waals surface area contributed by atoms with Crippen LogP contribution in [-0.2, 0) is 4.79 Å². The fraction of sp³-hybridized carbons (Fsp3) is 0.200. The Bertz CT molecular complexity index is 911. The number of hydrogen-bond acceptors (Lipinski definition) is 6. The number of nitrogens with one attached hydrogen (secondary N) is 1. The maximum absolute atomic E-state index is 12.3. The van der Waals surface area contributed by atoms with E-state index in [1.165, 1.54) is 24.3 Å². The summed E-state index contributed by atoms with van der Waals surface area (Å²) in [6, 6.07) is 17.5. The summed E-state index contributed by atoms with van der Waals surface area (Å²) < 4.78 is 0. The van der Waals surface area contributed by atoms with Gasteiger partial charge in [-0.25, -0.2) is 0 Å². The van der Waals surface area contributed by atoms with Crippen LogP contribution in [0, 0.1) is 21.4 Å². The number of carbonyl (C=O) groups is 1. The molecule has 1 heterocycles. The van der Waals surface area contributed by atoms with Crippen molar-refractivity contribution in [1.29, 1.82) is 5.26 Å². The summed E-state index contributed by atoms with van der Waals surface area (Å²) in [5, 5.41) is 22.6. The van der Waals surface area contributed by atoms with Crippen LogP contribution < -0.4 is 10.2 Å².